The average Bonchev–Trinajstić information content (AvgIpc) is 3.06. The van der Waals surface area contributed by atoms with Crippen LogP contribution in [0.25, 0.3) is 0 Å². The first-order valence-electron chi connectivity index (χ1n) is 11.3. The van der Waals surface area contributed by atoms with Gasteiger partial charge in [0.15, 0.2) is 0 Å². The molecule has 1 heterocycles. The van der Waals surface area contributed by atoms with Gasteiger partial charge >= 0.3 is 5.97 Å². The molecular formula is C24H39NO2. The largest absolute Gasteiger partial charge is 0.457 e. The number of rotatable bonds is 15. The van der Waals surface area contributed by atoms with Crippen LogP contribution in [-0.4, -0.2) is 19.1 Å². The first kappa shape index (κ1) is 21.8. The fraction of sp³-hybridized carbons (Fsp3) is 0.708. The van der Waals surface area contributed by atoms with Crippen molar-refractivity contribution < 1.29 is 9.53 Å². The van der Waals surface area contributed by atoms with Gasteiger partial charge in [0.1, 0.15) is 6.61 Å². The van der Waals surface area contributed by atoms with Crippen molar-refractivity contribution in [3.05, 3.63) is 29.3 Å². The van der Waals surface area contributed by atoms with E-state index in [0.29, 0.717) is 6.61 Å². The van der Waals surface area contributed by atoms with Gasteiger partial charge in [-0.25, -0.2) is 4.79 Å². The van der Waals surface area contributed by atoms with Crippen LogP contribution < -0.4 is 4.90 Å². The van der Waals surface area contributed by atoms with E-state index in [9.17, 15) is 4.79 Å². The van der Waals surface area contributed by atoms with Gasteiger partial charge in [0.25, 0.3) is 0 Å². The number of ether oxygens (including phenoxy) is 1. The third kappa shape index (κ3) is 7.56. The third-order valence-electron chi connectivity index (χ3n) is 5.60. The number of hydrogen-bond donors (Lipinski definition) is 0. The third-order valence-corrected chi connectivity index (χ3v) is 5.60. The number of anilines is 1. The highest BCUT2D eigenvalue weighted by molar-refractivity contribution is 5.94. The molecule has 2 rings (SSSR count). The van der Waals surface area contributed by atoms with E-state index in [2.05, 4.69) is 36.9 Å². The maximum absolute atomic E-state index is 11.9. The molecule has 152 valence electrons. The zero-order valence-electron chi connectivity index (χ0n) is 17.6. The Hall–Kier alpha value is -1.51. The monoisotopic (exact) mass is 373 g/mol. The summed E-state index contributed by atoms with van der Waals surface area (Å²) in [5.41, 5.74) is 2.99. The minimum absolute atomic E-state index is 0.161. The van der Waals surface area contributed by atoms with Crippen LogP contribution in [0.15, 0.2) is 18.2 Å². The van der Waals surface area contributed by atoms with E-state index in [-0.39, 0.29) is 5.97 Å². The van der Waals surface area contributed by atoms with Crippen LogP contribution in [0, 0.1) is 0 Å². The predicted octanol–water partition coefficient (Wildman–Crippen LogP) is 6.88. The highest BCUT2D eigenvalue weighted by atomic mass is 16.5. The van der Waals surface area contributed by atoms with E-state index >= 15 is 0 Å². The lowest BCUT2D eigenvalue weighted by Gasteiger charge is -2.25. The average molecular weight is 374 g/mol. The van der Waals surface area contributed by atoms with Crippen molar-refractivity contribution in [3.8, 4) is 0 Å². The van der Waals surface area contributed by atoms with E-state index in [4.69, 9.17) is 4.74 Å². The summed E-state index contributed by atoms with van der Waals surface area (Å²) in [5.74, 6) is -0.161. The van der Waals surface area contributed by atoms with Gasteiger partial charge in [-0.05, 0) is 25.0 Å². The minimum atomic E-state index is -0.161. The number of hydrogen-bond acceptors (Lipinski definition) is 3. The molecule has 0 bridgehead atoms. The van der Waals surface area contributed by atoms with E-state index in [1.807, 2.05) is 0 Å². The number of carbonyl (C=O) groups is 1. The lowest BCUT2D eigenvalue weighted by atomic mass is 10.1. The molecule has 1 aromatic carbocycles. The zero-order valence-corrected chi connectivity index (χ0v) is 17.6. The van der Waals surface area contributed by atoms with Crippen molar-refractivity contribution in [1.82, 2.24) is 0 Å². The summed E-state index contributed by atoms with van der Waals surface area (Å²) in [6.45, 7) is 7.15. The Morgan fingerprint density at radius 2 is 1.37 bits per heavy atom. The highest BCUT2D eigenvalue weighted by Gasteiger charge is 2.22. The second kappa shape index (κ2) is 12.8. The lowest BCUT2D eigenvalue weighted by Crippen LogP contribution is -2.26. The standard InChI is InChI=1S/C24H39NO2/c1-3-5-7-9-11-13-17-25(18-14-12-10-8-6-4-2)22-16-15-21-20-27-24(26)23(21)19-22/h15-16,19H,3-14,17-18,20H2,1-2H3. The summed E-state index contributed by atoms with van der Waals surface area (Å²) in [7, 11) is 0. The predicted molar refractivity (Wildman–Crippen MR) is 115 cm³/mol. The van der Waals surface area contributed by atoms with E-state index in [1.54, 1.807) is 0 Å². The number of fused-ring (bicyclic) bond motifs is 1. The van der Waals surface area contributed by atoms with Crippen LogP contribution in [0.1, 0.15) is 107 Å². The molecule has 0 aromatic heterocycles. The van der Waals surface area contributed by atoms with Crippen molar-refractivity contribution >= 4 is 11.7 Å². The Morgan fingerprint density at radius 1 is 0.815 bits per heavy atom. The van der Waals surface area contributed by atoms with Crippen molar-refractivity contribution in [2.45, 2.75) is 97.5 Å². The Morgan fingerprint density at radius 3 is 1.96 bits per heavy atom. The van der Waals surface area contributed by atoms with Gasteiger partial charge in [0.05, 0.1) is 5.56 Å². The van der Waals surface area contributed by atoms with E-state index in [1.165, 1.54) is 82.7 Å². The quantitative estimate of drug-likeness (QED) is 0.248. The van der Waals surface area contributed by atoms with Gasteiger partial charge < -0.3 is 9.64 Å². The minimum Gasteiger partial charge on any atom is -0.457 e. The normalized spacial score (nSPS) is 12.9. The second-order valence-electron chi connectivity index (χ2n) is 7.94. The molecule has 1 aliphatic heterocycles. The van der Waals surface area contributed by atoms with Crippen molar-refractivity contribution in [1.29, 1.82) is 0 Å². The zero-order chi connectivity index (χ0) is 19.3. The number of carbonyl (C=O) groups excluding carboxylic acids is 1. The molecule has 0 amide bonds. The maximum Gasteiger partial charge on any atom is 0.338 e. The smallest absolute Gasteiger partial charge is 0.338 e. The number of benzene rings is 1. The van der Waals surface area contributed by atoms with Crippen LogP contribution in [0.4, 0.5) is 5.69 Å². The molecule has 0 unspecified atom stereocenters. The number of cyclic esters (lactones) is 1. The first-order valence-corrected chi connectivity index (χ1v) is 11.3. The van der Waals surface area contributed by atoms with Crippen LogP contribution in [0.3, 0.4) is 0 Å². The Bertz CT molecular complexity index is 539. The molecule has 0 radical (unpaired) electrons. The molecule has 0 fully saturated rings. The molecule has 0 spiro atoms. The molecule has 1 aliphatic rings. The summed E-state index contributed by atoms with van der Waals surface area (Å²) >= 11 is 0. The van der Waals surface area contributed by atoms with Crippen LogP contribution in [-0.2, 0) is 11.3 Å². The van der Waals surface area contributed by atoms with Gasteiger partial charge in [-0.1, -0.05) is 84.1 Å². The number of nitrogens with zero attached hydrogens (tertiary/aromatic N) is 1. The van der Waals surface area contributed by atoms with Gasteiger partial charge in [-0.2, -0.15) is 0 Å². The molecule has 1 aromatic rings. The molecule has 0 atom stereocenters. The lowest BCUT2D eigenvalue weighted by molar-refractivity contribution is 0.0535. The molecule has 3 heteroatoms. The Kier molecular flexibility index (Phi) is 10.3. The topological polar surface area (TPSA) is 29.5 Å². The van der Waals surface area contributed by atoms with Crippen LogP contribution in [0.2, 0.25) is 0 Å². The summed E-state index contributed by atoms with van der Waals surface area (Å²) in [4.78, 5) is 14.4. The summed E-state index contributed by atoms with van der Waals surface area (Å²) in [5, 5.41) is 0. The summed E-state index contributed by atoms with van der Waals surface area (Å²) < 4.78 is 5.17. The van der Waals surface area contributed by atoms with Crippen LogP contribution in [0.5, 0.6) is 0 Å². The first-order chi connectivity index (χ1) is 13.3. The number of esters is 1. The SMILES string of the molecule is CCCCCCCCN(CCCCCCCC)c1ccc2c(c1)C(=O)OC2. The number of unbranched alkanes of at least 4 members (excludes halogenated alkanes) is 10. The van der Waals surface area contributed by atoms with Crippen molar-refractivity contribution in [2.24, 2.45) is 0 Å². The Labute approximate surface area is 166 Å². The summed E-state index contributed by atoms with van der Waals surface area (Å²) in [6.07, 6.45) is 15.8. The molecule has 3 nitrogen and oxygen atoms in total. The fourth-order valence-corrected chi connectivity index (χ4v) is 3.83. The fourth-order valence-electron chi connectivity index (χ4n) is 3.83. The maximum atomic E-state index is 11.9. The highest BCUT2D eigenvalue weighted by Crippen LogP contribution is 2.26. The molecule has 0 saturated heterocycles. The van der Waals surface area contributed by atoms with Gasteiger partial charge in [0, 0.05) is 24.3 Å². The van der Waals surface area contributed by atoms with Gasteiger partial charge in [-0.3, -0.25) is 0 Å². The molecule has 0 aliphatic carbocycles. The van der Waals surface area contributed by atoms with E-state index < -0.39 is 0 Å². The van der Waals surface area contributed by atoms with Crippen molar-refractivity contribution in [2.75, 3.05) is 18.0 Å². The molecular weight excluding hydrogens is 334 g/mol. The van der Waals surface area contributed by atoms with Crippen LogP contribution >= 0.6 is 0 Å². The molecule has 0 saturated carbocycles. The second-order valence-corrected chi connectivity index (χ2v) is 7.94. The van der Waals surface area contributed by atoms with Gasteiger partial charge in [-0.15, -0.1) is 0 Å². The molecule has 0 N–H and O–H groups in total. The van der Waals surface area contributed by atoms with E-state index in [0.717, 1.165) is 24.2 Å². The van der Waals surface area contributed by atoms with Crippen molar-refractivity contribution in [3.63, 3.8) is 0 Å². The Balaban J connectivity index is 1.86. The van der Waals surface area contributed by atoms with Gasteiger partial charge in [0.2, 0.25) is 0 Å². The summed E-state index contributed by atoms with van der Waals surface area (Å²) in [6, 6.07) is 6.30. The molecule has 27 heavy (non-hydrogen) atoms.